The third kappa shape index (κ3) is 3.68. The second-order valence-corrected chi connectivity index (χ2v) is 5.49. The fourth-order valence-corrected chi connectivity index (χ4v) is 2.94. The summed E-state index contributed by atoms with van der Waals surface area (Å²) in [6, 6.07) is 5.17. The van der Waals surface area contributed by atoms with Crippen molar-refractivity contribution >= 4 is 29.1 Å². The number of aryl methyl sites for hydroxylation is 1. The average Bonchev–Trinajstić information content (AvgIpc) is 2.17. The van der Waals surface area contributed by atoms with Crippen LogP contribution in [0.3, 0.4) is 0 Å². The molecule has 1 unspecified atom stereocenters. The Morgan fingerprint density at radius 2 is 2.25 bits per heavy atom. The molecule has 0 heterocycles. The lowest BCUT2D eigenvalue weighted by Gasteiger charge is -2.09. The molecule has 0 radical (unpaired) electrons. The van der Waals surface area contributed by atoms with Gasteiger partial charge in [-0.1, -0.05) is 13.0 Å². The molecule has 5 heteroatoms. The van der Waals surface area contributed by atoms with Crippen LogP contribution in [0.2, 0.25) is 0 Å². The molecule has 0 saturated heterocycles. The maximum absolute atomic E-state index is 10.8. The van der Waals surface area contributed by atoms with Crippen LogP contribution in [0.4, 0.5) is 5.69 Å². The van der Waals surface area contributed by atoms with Crippen LogP contribution in [-0.4, -0.2) is 16.1 Å². The number of halogens is 1. The van der Waals surface area contributed by atoms with Gasteiger partial charge in [-0.15, -0.1) is 23.4 Å². The van der Waals surface area contributed by atoms with Crippen LogP contribution >= 0.6 is 23.4 Å². The molecular weight excluding hydrogens is 246 g/mol. The van der Waals surface area contributed by atoms with E-state index in [2.05, 4.69) is 0 Å². The van der Waals surface area contributed by atoms with E-state index in [4.69, 9.17) is 11.6 Å². The van der Waals surface area contributed by atoms with Crippen LogP contribution in [0.15, 0.2) is 23.1 Å². The molecular formula is C11H14ClNO2S. The Bertz CT molecular complexity index is 384. The van der Waals surface area contributed by atoms with E-state index in [9.17, 15) is 10.1 Å². The van der Waals surface area contributed by atoms with Gasteiger partial charge in [0.05, 0.1) is 9.82 Å². The van der Waals surface area contributed by atoms with Crippen LogP contribution in [0.5, 0.6) is 0 Å². The van der Waals surface area contributed by atoms with Crippen LogP contribution in [0.25, 0.3) is 0 Å². The fourth-order valence-electron chi connectivity index (χ4n) is 1.30. The van der Waals surface area contributed by atoms with Gasteiger partial charge in [-0.3, -0.25) is 10.1 Å². The summed E-state index contributed by atoms with van der Waals surface area (Å²) in [7, 11) is 0. The summed E-state index contributed by atoms with van der Waals surface area (Å²) < 4.78 is 0. The summed E-state index contributed by atoms with van der Waals surface area (Å²) in [4.78, 5) is 11.2. The normalized spacial score (nSPS) is 12.4. The Balaban J connectivity index is 2.92. The van der Waals surface area contributed by atoms with Crippen molar-refractivity contribution in [2.45, 2.75) is 30.4 Å². The lowest BCUT2D eigenvalue weighted by molar-refractivity contribution is -0.387. The van der Waals surface area contributed by atoms with Crippen LogP contribution in [-0.2, 0) is 0 Å². The molecule has 0 aliphatic rings. The maximum atomic E-state index is 10.8. The van der Waals surface area contributed by atoms with Gasteiger partial charge in [0.25, 0.3) is 5.69 Å². The first-order valence-electron chi connectivity index (χ1n) is 5.02. The number of alkyl halides is 1. The number of thioether (sulfide) groups is 1. The molecule has 0 bridgehead atoms. The molecule has 0 aromatic heterocycles. The molecule has 0 amide bonds. The minimum Gasteiger partial charge on any atom is -0.258 e. The van der Waals surface area contributed by atoms with Crippen molar-refractivity contribution < 1.29 is 4.92 Å². The van der Waals surface area contributed by atoms with Crippen molar-refractivity contribution in [1.29, 1.82) is 0 Å². The lowest BCUT2D eigenvalue weighted by atomic mass is 10.2. The zero-order valence-corrected chi connectivity index (χ0v) is 10.8. The molecule has 3 nitrogen and oxygen atoms in total. The van der Waals surface area contributed by atoms with Crippen LogP contribution in [0.1, 0.15) is 18.9 Å². The second-order valence-electron chi connectivity index (χ2n) is 3.63. The van der Waals surface area contributed by atoms with E-state index in [1.807, 2.05) is 19.9 Å². The maximum Gasteiger partial charge on any atom is 0.282 e. The Kier molecular flexibility index (Phi) is 5.09. The van der Waals surface area contributed by atoms with Crippen LogP contribution < -0.4 is 0 Å². The van der Waals surface area contributed by atoms with Gasteiger partial charge in [0.2, 0.25) is 0 Å². The first-order valence-corrected chi connectivity index (χ1v) is 6.43. The van der Waals surface area contributed by atoms with Crippen molar-refractivity contribution in [2.24, 2.45) is 0 Å². The van der Waals surface area contributed by atoms with Gasteiger partial charge in [-0.25, -0.2) is 0 Å². The highest BCUT2D eigenvalue weighted by atomic mass is 35.5. The lowest BCUT2D eigenvalue weighted by Crippen LogP contribution is -1.99. The fraction of sp³-hybridized carbons (Fsp3) is 0.455. The molecule has 0 spiro atoms. The van der Waals surface area contributed by atoms with Gasteiger partial charge in [-0.2, -0.15) is 0 Å². The van der Waals surface area contributed by atoms with Gasteiger partial charge in [-0.05, 0) is 25.0 Å². The monoisotopic (exact) mass is 259 g/mol. The number of nitro benzene ring substituents is 1. The standard InChI is InChI=1S/C11H14ClNO2S/c1-8-3-4-10(13(14)15)11(7-8)16-9(2)5-6-12/h3-4,7,9H,5-6H2,1-2H3. The van der Waals surface area contributed by atoms with Crippen molar-refractivity contribution in [1.82, 2.24) is 0 Å². The summed E-state index contributed by atoms with van der Waals surface area (Å²) in [5, 5.41) is 11.1. The van der Waals surface area contributed by atoms with Gasteiger partial charge in [0.15, 0.2) is 0 Å². The highest BCUT2D eigenvalue weighted by Crippen LogP contribution is 2.33. The molecule has 0 aliphatic carbocycles. The number of hydrogen-bond donors (Lipinski definition) is 0. The molecule has 0 fully saturated rings. The second kappa shape index (κ2) is 6.11. The van der Waals surface area contributed by atoms with E-state index >= 15 is 0 Å². The molecule has 1 rings (SSSR count). The number of benzene rings is 1. The number of rotatable bonds is 5. The number of nitrogens with zero attached hydrogens (tertiary/aromatic N) is 1. The van der Waals surface area contributed by atoms with E-state index in [-0.39, 0.29) is 15.9 Å². The summed E-state index contributed by atoms with van der Waals surface area (Å²) in [5.74, 6) is 0.577. The van der Waals surface area contributed by atoms with Crippen molar-refractivity contribution in [2.75, 3.05) is 5.88 Å². The highest BCUT2D eigenvalue weighted by Gasteiger charge is 2.16. The zero-order chi connectivity index (χ0) is 12.1. The Morgan fingerprint density at radius 1 is 1.56 bits per heavy atom. The zero-order valence-electron chi connectivity index (χ0n) is 9.27. The number of hydrogen-bond acceptors (Lipinski definition) is 3. The smallest absolute Gasteiger partial charge is 0.258 e. The van der Waals surface area contributed by atoms with Gasteiger partial charge in [0.1, 0.15) is 0 Å². The Hall–Kier alpha value is -0.740. The van der Waals surface area contributed by atoms with E-state index in [1.165, 1.54) is 11.8 Å². The van der Waals surface area contributed by atoms with E-state index in [1.54, 1.807) is 12.1 Å². The summed E-state index contributed by atoms with van der Waals surface area (Å²) in [6.45, 7) is 3.96. The molecule has 0 aliphatic heterocycles. The Morgan fingerprint density at radius 3 is 2.81 bits per heavy atom. The van der Waals surface area contributed by atoms with Crippen molar-refractivity contribution in [3.8, 4) is 0 Å². The quantitative estimate of drug-likeness (QED) is 0.347. The summed E-state index contributed by atoms with van der Waals surface area (Å²) in [5.41, 5.74) is 1.21. The third-order valence-corrected chi connectivity index (χ3v) is 3.59. The third-order valence-electron chi connectivity index (χ3n) is 2.16. The molecule has 1 aromatic carbocycles. The van der Waals surface area contributed by atoms with Gasteiger partial charge in [0, 0.05) is 17.2 Å². The molecule has 16 heavy (non-hydrogen) atoms. The Labute approximate surface area is 104 Å². The minimum absolute atomic E-state index is 0.178. The molecule has 0 saturated carbocycles. The van der Waals surface area contributed by atoms with E-state index in [0.29, 0.717) is 5.88 Å². The van der Waals surface area contributed by atoms with Gasteiger partial charge < -0.3 is 0 Å². The van der Waals surface area contributed by atoms with E-state index in [0.717, 1.165) is 16.9 Å². The summed E-state index contributed by atoms with van der Waals surface area (Å²) >= 11 is 7.16. The highest BCUT2D eigenvalue weighted by molar-refractivity contribution is 8.00. The first kappa shape index (κ1) is 13.3. The largest absolute Gasteiger partial charge is 0.282 e. The first-order chi connectivity index (χ1) is 7.54. The van der Waals surface area contributed by atoms with E-state index < -0.39 is 0 Å². The van der Waals surface area contributed by atoms with Crippen molar-refractivity contribution in [3.05, 3.63) is 33.9 Å². The minimum atomic E-state index is -0.338. The summed E-state index contributed by atoms with van der Waals surface area (Å²) in [6.07, 6.45) is 0.845. The average molecular weight is 260 g/mol. The van der Waals surface area contributed by atoms with Crippen molar-refractivity contribution in [3.63, 3.8) is 0 Å². The predicted octanol–water partition coefficient (Wildman–Crippen LogP) is 4.01. The molecule has 0 N–H and O–H groups in total. The van der Waals surface area contributed by atoms with Gasteiger partial charge >= 0.3 is 0 Å². The number of nitro groups is 1. The molecule has 1 atom stereocenters. The topological polar surface area (TPSA) is 43.1 Å². The molecule has 1 aromatic rings. The SMILES string of the molecule is Cc1ccc([N+](=O)[O-])c(SC(C)CCCl)c1. The van der Waals surface area contributed by atoms with Crippen LogP contribution in [0, 0.1) is 17.0 Å². The molecule has 88 valence electrons. The predicted molar refractivity (Wildman–Crippen MR) is 68.5 cm³/mol.